The first kappa shape index (κ1) is 27.3. The van der Waals surface area contributed by atoms with Crippen LogP contribution in [0.5, 0.6) is 0 Å². The van der Waals surface area contributed by atoms with Crippen LogP contribution in [0.3, 0.4) is 0 Å². The van der Waals surface area contributed by atoms with Crippen molar-refractivity contribution in [3.8, 4) is 0 Å². The maximum atomic E-state index is 4.05. The molecule has 5 heteroatoms. The van der Waals surface area contributed by atoms with Gasteiger partial charge in [-0.3, -0.25) is 11.9 Å². The van der Waals surface area contributed by atoms with Gasteiger partial charge in [0.25, 0.3) is 0 Å². The Morgan fingerprint density at radius 2 is 1.44 bits per heavy atom. The van der Waals surface area contributed by atoms with E-state index in [1.807, 2.05) is 7.05 Å². The predicted molar refractivity (Wildman–Crippen MR) is 85.1 cm³/mol. The average Bonchev–Trinajstić information content (AvgIpc) is 2.63. The van der Waals surface area contributed by atoms with Crippen LogP contribution in [-0.4, -0.2) is 41.0 Å². The Hall–Kier alpha value is 0.944. The number of hydrogen-bond acceptors (Lipinski definition) is 1. The van der Waals surface area contributed by atoms with Gasteiger partial charge in [0.2, 0.25) is 0 Å². The molecule has 0 aliphatic heterocycles. The molecule has 0 saturated heterocycles. The minimum Gasteiger partial charge on any atom is -0.668 e. The molecule has 3 nitrogen and oxygen atoms in total. The molecule has 0 spiro atoms. The molecular formula is C13H31N3STi. The summed E-state index contributed by atoms with van der Waals surface area (Å²) in [5.41, 5.74) is 0. The van der Waals surface area contributed by atoms with Crippen LogP contribution < -0.4 is 0 Å². The summed E-state index contributed by atoms with van der Waals surface area (Å²) in [5.74, 6) is 3.15. The first-order chi connectivity index (χ1) is 7.67. The van der Waals surface area contributed by atoms with E-state index in [1.54, 1.807) is 40.1 Å². The summed E-state index contributed by atoms with van der Waals surface area (Å²) in [6.07, 6.45) is 4.31. The van der Waals surface area contributed by atoms with Crippen LogP contribution in [0.1, 0.15) is 26.2 Å². The van der Waals surface area contributed by atoms with Crippen LogP contribution in [0.15, 0.2) is 0 Å². The van der Waals surface area contributed by atoms with E-state index in [9.17, 15) is 0 Å². The van der Waals surface area contributed by atoms with Gasteiger partial charge in [0.05, 0.1) is 0 Å². The van der Waals surface area contributed by atoms with Gasteiger partial charge in [-0.05, 0) is 24.0 Å². The second kappa shape index (κ2) is 23.1. The van der Waals surface area contributed by atoms with Gasteiger partial charge < -0.3 is 22.8 Å². The van der Waals surface area contributed by atoms with E-state index in [0.717, 1.165) is 11.8 Å². The van der Waals surface area contributed by atoms with Crippen molar-refractivity contribution >= 4 is 11.9 Å². The molecule has 2 atom stereocenters. The molecule has 1 aliphatic rings. The third-order valence-electron chi connectivity index (χ3n) is 2.46. The Morgan fingerprint density at radius 1 is 1.00 bits per heavy atom. The van der Waals surface area contributed by atoms with Crippen molar-refractivity contribution in [2.75, 3.05) is 41.0 Å². The maximum absolute atomic E-state index is 4.05. The molecule has 0 radical (unpaired) electrons. The zero-order chi connectivity index (χ0) is 12.8. The zero-order valence-electron chi connectivity index (χ0n) is 13.2. The van der Waals surface area contributed by atoms with E-state index in [0.29, 0.717) is 0 Å². The van der Waals surface area contributed by atoms with Crippen molar-refractivity contribution in [1.29, 1.82) is 0 Å². The molecule has 0 aromatic heterocycles. The van der Waals surface area contributed by atoms with Crippen LogP contribution in [0.2, 0.25) is 0 Å². The molecule has 1 fully saturated rings. The first-order valence-electron chi connectivity index (χ1n) is 5.84. The Balaban J connectivity index is -0.000000106. The Labute approximate surface area is 135 Å². The standard InChI is InChI=1S/C8H16NS.2C2H6N.CH3.Ti/c1-7-4-3-5-8(7)6-10-9-2;2*1-3-2;;/h7-8H,3-6H2,1-2H3;2*1-2H3;1H3;/q4*-1;+4/t7-,8?;;;;/m0..../s1. The van der Waals surface area contributed by atoms with Crippen molar-refractivity contribution in [2.45, 2.75) is 26.2 Å². The van der Waals surface area contributed by atoms with Crippen molar-refractivity contribution in [1.82, 2.24) is 0 Å². The van der Waals surface area contributed by atoms with Crippen LogP contribution in [0, 0.1) is 19.3 Å². The van der Waals surface area contributed by atoms with Crippen molar-refractivity contribution in [2.24, 2.45) is 11.8 Å². The van der Waals surface area contributed by atoms with Gasteiger partial charge in [0.15, 0.2) is 0 Å². The fourth-order valence-electron chi connectivity index (χ4n) is 1.64. The summed E-state index contributed by atoms with van der Waals surface area (Å²) in [6.45, 7) is 2.37. The minimum absolute atomic E-state index is 0. The summed E-state index contributed by atoms with van der Waals surface area (Å²) in [4.78, 5) is 0. The summed E-state index contributed by atoms with van der Waals surface area (Å²) in [7, 11) is 8.88. The van der Waals surface area contributed by atoms with Gasteiger partial charge in [0, 0.05) is 0 Å². The van der Waals surface area contributed by atoms with Crippen LogP contribution >= 0.6 is 11.9 Å². The van der Waals surface area contributed by atoms with Crippen molar-refractivity contribution < 1.29 is 21.7 Å². The topological polar surface area (TPSA) is 42.3 Å². The van der Waals surface area contributed by atoms with Gasteiger partial charge in [0.1, 0.15) is 0 Å². The molecule has 0 amide bonds. The van der Waals surface area contributed by atoms with Gasteiger partial charge >= 0.3 is 21.7 Å². The zero-order valence-corrected chi connectivity index (χ0v) is 15.6. The smallest absolute Gasteiger partial charge is 0.668 e. The molecular weight excluding hydrogens is 278 g/mol. The third kappa shape index (κ3) is 19.3. The van der Waals surface area contributed by atoms with Gasteiger partial charge in [-0.25, -0.2) is 0 Å². The molecule has 1 aliphatic carbocycles. The molecule has 1 unspecified atom stereocenters. The molecule has 0 aromatic rings. The average molecular weight is 309 g/mol. The molecule has 1 rings (SSSR count). The van der Waals surface area contributed by atoms with Gasteiger partial charge in [-0.2, -0.15) is 35.2 Å². The number of nitrogens with zero attached hydrogens (tertiary/aromatic N) is 3. The first-order valence-corrected chi connectivity index (χ1v) is 6.79. The fourth-order valence-corrected chi connectivity index (χ4v) is 2.48. The molecule has 108 valence electrons. The van der Waals surface area contributed by atoms with E-state index in [2.05, 4.69) is 22.3 Å². The van der Waals surface area contributed by atoms with Crippen LogP contribution in [0.4, 0.5) is 0 Å². The minimum atomic E-state index is 0. The van der Waals surface area contributed by atoms with E-state index in [-0.39, 0.29) is 29.1 Å². The van der Waals surface area contributed by atoms with Crippen molar-refractivity contribution in [3.05, 3.63) is 22.8 Å². The van der Waals surface area contributed by atoms with Crippen LogP contribution in [0.25, 0.3) is 15.4 Å². The maximum Gasteiger partial charge on any atom is 4.00 e. The predicted octanol–water partition coefficient (Wildman–Crippen LogP) is 4.76. The largest absolute Gasteiger partial charge is 4.00 e. The molecule has 0 bridgehead atoms. The third-order valence-corrected chi connectivity index (χ3v) is 3.29. The monoisotopic (exact) mass is 309 g/mol. The van der Waals surface area contributed by atoms with Crippen molar-refractivity contribution in [3.63, 3.8) is 0 Å². The number of rotatable bonds is 3. The van der Waals surface area contributed by atoms with Gasteiger partial charge in [-0.15, -0.1) is 0 Å². The second-order valence-corrected chi connectivity index (χ2v) is 5.00. The Kier molecular flexibility index (Phi) is 35.0. The summed E-state index contributed by atoms with van der Waals surface area (Å²) >= 11 is 1.73. The SMILES string of the molecule is C[N-]C.C[N-]C.C[N-]SCC1CCC[C@@H]1C.[CH3-].[Ti+4]. The fraction of sp³-hybridized carbons (Fsp3) is 0.923. The van der Waals surface area contributed by atoms with E-state index in [1.165, 1.54) is 25.0 Å². The Morgan fingerprint density at radius 3 is 1.72 bits per heavy atom. The van der Waals surface area contributed by atoms with E-state index >= 15 is 0 Å². The molecule has 18 heavy (non-hydrogen) atoms. The second-order valence-electron chi connectivity index (χ2n) is 4.04. The van der Waals surface area contributed by atoms with Gasteiger partial charge in [-0.1, -0.05) is 19.8 Å². The normalized spacial score (nSPS) is 20.3. The molecule has 0 aromatic carbocycles. The number of hydrogen-bond donors (Lipinski definition) is 0. The van der Waals surface area contributed by atoms with Crippen LogP contribution in [-0.2, 0) is 21.7 Å². The summed E-state index contributed by atoms with van der Waals surface area (Å²) in [5, 5.41) is 7.00. The summed E-state index contributed by atoms with van der Waals surface area (Å²) < 4.78 is 4.05. The molecule has 1 saturated carbocycles. The quantitative estimate of drug-likeness (QED) is 0.421. The molecule has 0 N–H and O–H groups in total. The Bertz CT molecular complexity index is 127. The molecule has 0 heterocycles. The van der Waals surface area contributed by atoms with E-state index < -0.39 is 0 Å². The van der Waals surface area contributed by atoms with E-state index in [4.69, 9.17) is 0 Å². The summed E-state index contributed by atoms with van der Waals surface area (Å²) in [6, 6.07) is 0.